The Kier molecular flexibility index (Phi) is 4.29. The van der Waals surface area contributed by atoms with E-state index in [1.54, 1.807) is 12.1 Å². The third kappa shape index (κ3) is 2.84. The van der Waals surface area contributed by atoms with Crippen LogP contribution in [0.25, 0.3) is 0 Å². The normalized spacial score (nSPS) is 26.1. The van der Waals surface area contributed by atoms with Crippen LogP contribution in [0.5, 0.6) is 0 Å². The standard InChI is InChI=1S/C17H20ClNO2/c18-14-8-2-1-6-12(14)17(21)19-11-4-3-9-15(19)13-7-5-10-16(13)20/h1-2,6,8,13,15H,3-5,7,9-11H2. The molecule has 1 aliphatic heterocycles. The number of halogens is 1. The number of carbonyl (C=O) groups excluding carboxylic acids is 2. The van der Waals surface area contributed by atoms with Crippen molar-refractivity contribution in [3.05, 3.63) is 34.9 Å². The van der Waals surface area contributed by atoms with Crippen molar-refractivity contribution >= 4 is 23.3 Å². The first-order chi connectivity index (χ1) is 10.2. The molecule has 4 heteroatoms. The summed E-state index contributed by atoms with van der Waals surface area (Å²) in [5.41, 5.74) is 0.552. The van der Waals surface area contributed by atoms with Gasteiger partial charge in [0.25, 0.3) is 5.91 Å². The maximum Gasteiger partial charge on any atom is 0.255 e. The third-order valence-corrected chi connectivity index (χ3v) is 5.06. The molecule has 1 saturated carbocycles. The summed E-state index contributed by atoms with van der Waals surface area (Å²) in [6.07, 6.45) is 5.61. The number of carbonyl (C=O) groups is 2. The molecule has 1 aromatic rings. The molecule has 1 aliphatic carbocycles. The number of nitrogens with zero attached hydrogens (tertiary/aromatic N) is 1. The van der Waals surface area contributed by atoms with Gasteiger partial charge in [-0.3, -0.25) is 9.59 Å². The Morgan fingerprint density at radius 2 is 1.95 bits per heavy atom. The number of rotatable bonds is 2. The molecule has 2 atom stereocenters. The van der Waals surface area contributed by atoms with Gasteiger partial charge in [-0.05, 0) is 44.2 Å². The van der Waals surface area contributed by atoms with Crippen LogP contribution in [0.1, 0.15) is 48.9 Å². The monoisotopic (exact) mass is 305 g/mol. The number of ketones is 1. The van der Waals surface area contributed by atoms with Crippen molar-refractivity contribution in [1.82, 2.24) is 4.90 Å². The minimum atomic E-state index is -0.0231. The fourth-order valence-corrected chi connectivity index (χ4v) is 3.88. The first-order valence-corrected chi connectivity index (χ1v) is 8.14. The van der Waals surface area contributed by atoms with Crippen molar-refractivity contribution in [1.29, 1.82) is 0 Å². The second-order valence-electron chi connectivity index (χ2n) is 6.01. The fourth-order valence-electron chi connectivity index (χ4n) is 3.67. The molecule has 0 N–H and O–H groups in total. The van der Waals surface area contributed by atoms with Crippen molar-refractivity contribution in [2.24, 2.45) is 5.92 Å². The number of piperidine rings is 1. The Labute approximate surface area is 130 Å². The number of hydrogen-bond acceptors (Lipinski definition) is 2. The van der Waals surface area contributed by atoms with Gasteiger partial charge < -0.3 is 4.90 Å². The van der Waals surface area contributed by atoms with E-state index in [9.17, 15) is 9.59 Å². The van der Waals surface area contributed by atoms with Crippen molar-refractivity contribution in [2.45, 2.75) is 44.6 Å². The predicted molar refractivity (Wildman–Crippen MR) is 82.5 cm³/mol. The highest BCUT2D eigenvalue weighted by molar-refractivity contribution is 6.33. The summed E-state index contributed by atoms with van der Waals surface area (Å²) in [5.74, 6) is 0.348. The van der Waals surface area contributed by atoms with Gasteiger partial charge in [0.05, 0.1) is 10.6 Å². The molecule has 2 aliphatic rings. The molecule has 1 amide bonds. The molecule has 0 radical (unpaired) electrons. The summed E-state index contributed by atoms with van der Waals surface area (Å²) in [6, 6.07) is 7.24. The maximum atomic E-state index is 12.8. The molecule has 21 heavy (non-hydrogen) atoms. The Morgan fingerprint density at radius 1 is 1.14 bits per heavy atom. The van der Waals surface area contributed by atoms with Gasteiger partial charge in [-0.15, -0.1) is 0 Å². The van der Waals surface area contributed by atoms with E-state index in [0.29, 0.717) is 22.8 Å². The van der Waals surface area contributed by atoms with Crippen molar-refractivity contribution < 1.29 is 9.59 Å². The fraction of sp³-hybridized carbons (Fsp3) is 0.529. The molecule has 2 unspecified atom stereocenters. The van der Waals surface area contributed by atoms with E-state index in [1.165, 1.54) is 0 Å². The molecule has 0 spiro atoms. The lowest BCUT2D eigenvalue weighted by molar-refractivity contribution is -0.122. The second kappa shape index (κ2) is 6.18. The summed E-state index contributed by atoms with van der Waals surface area (Å²) < 4.78 is 0. The lowest BCUT2D eigenvalue weighted by Crippen LogP contribution is -2.48. The number of amides is 1. The molecule has 1 aromatic carbocycles. The third-order valence-electron chi connectivity index (χ3n) is 4.73. The van der Waals surface area contributed by atoms with Gasteiger partial charge in [0, 0.05) is 24.9 Å². The quantitative estimate of drug-likeness (QED) is 0.835. The van der Waals surface area contributed by atoms with Gasteiger partial charge in [0.2, 0.25) is 0 Å². The molecule has 2 fully saturated rings. The Hall–Kier alpha value is -1.35. The van der Waals surface area contributed by atoms with Crippen molar-refractivity contribution in [3.8, 4) is 0 Å². The van der Waals surface area contributed by atoms with Crippen LogP contribution in [0.15, 0.2) is 24.3 Å². The van der Waals surface area contributed by atoms with Gasteiger partial charge >= 0.3 is 0 Å². The first kappa shape index (κ1) is 14.6. The zero-order valence-corrected chi connectivity index (χ0v) is 12.8. The topological polar surface area (TPSA) is 37.4 Å². The van der Waals surface area contributed by atoms with E-state index < -0.39 is 0 Å². The highest BCUT2D eigenvalue weighted by atomic mass is 35.5. The summed E-state index contributed by atoms with van der Waals surface area (Å²) in [7, 11) is 0. The first-order valence-electron chi connectivity index (χ1n) is 7.76. The molecule has 0 bridgehead atoms. The second-order valence-corrected chi connectivity index (χ2v) is 6.41. The predicted octanol–water partition coefficient (Wildman–Crippen LogP) is 3.70. The smallest absolute Gasteiger partial charge is 0.255 e. The van der Waals surface area contributed by atoms with Crippen LogP contribution < -0.4 is 0 Å². The number of hydrogen-bond donors (Lipinski definition) is 0. The van der Waals surface area contributed by atoms with Crippen LogP contribution in [-0.2, 0) is 4.79 Å². The molecule has 3 nitrogen and oxygen atoms in total. The van der Waals surface area contributed by atoms with Crippen LogP contribution in [-0.4, -0.2) is 29.2 Å². The van der Waals surface area contributed by atoms with Crippen LogP contribution in [0.2, 0.25) is 5.02 Å². The average molecular weight is 306 g/mol. The van der Waals surface area contributed by atoms with Crippen molar-refractivity contribution in [3.63, 3.8) is 0 Å². The van der Waals surface area contributed by atoms with Crippen molar-refractivity contribution in [2.75, 3.05) is 6.54 Å². The largest absolute Gasteiger partial charge is 0.335 e. The van der Waals surface area contributed by atoms with E-state index >= 15 is 0 Å². The summed E-state index contributed by atoms with van der Waals surface area (Å²) in [4.78, 5) is 26.8. The number of likely N-dealkylation sites (tertiary alicyclic amines) is 1. The minimum Gasteiger partial charge on any atom is -0.335 e. The molecular formula is C17H20ClNO2. The van der Waals surface area contributed by atoms with Crippen LogP contribution >= 0.6 is 11.6 Å². The van der Waals surface area contributed by atoms with E-state index in [-0.39, 0.29) is 17.9 Å². The summed E-state index contributed by atoms with van der Waals surface area (Å²) in [5, 5.41) is 0.490. The van der Waals surface area contributed by atoms with Crippen LogP contribution in [0.3, 0.4) is 0 Å². The zero-order valence-electron chi connectivity index (χ0n) is 12.1. The van der Waals surface area contributed by atoms with Gasteiger partial charge in [-0.1, -0.05) is 23.7 Å². The maximum absolute atomic E-state index is 12.8. The average Bonchev–Trinajstić information content (AvgIpc) is 2.93. The van der Waals surface area contributed by atoms with E-state index in [4.69, 9.17) is 11.6 Å². The molecule has 1 heterocycles. The minimum absolute atomic E-state index is 0.0231. The Morgan fingerprint density at radius 3 is 2.67 bits per heavy atom. The van der Waals surface area contributed by atoms with E-state index in [0.717, 1.165) is 38.6 Å². The Balaban J connectivity index is 1.86. The van der Waals surface area contributed by atoms with Crippen LogP contribution in [0.4, 0.5) is 0 Å². The molecule has 112 valence electrons. The summed E-state index contributed by atoms with van der Waals surface area (Å²) in [6.45, 7) is 0.735. The number of benzene rings is 1. The molecular weight excluding hydrogens is 286 g/mol. The highest BCUT2D eigenvalue weighted by Gasteiger charge is 2.39. The molecule has 3 rings (SSSR count). The highest BCUT2D eigenvalue weighted by Crippen LogP contribution is 2.34. The van der Waals surface area contributed by atoms with Gasteiger partial charge in [0.15, 0.2) is 0 Å². The summed E-state index contributed by atoms with van der Waals surface area (Å²) >= 11 is 6.16. The molecule has 1 saturated heterocycles. The van der Waals surface area contributed by atoms with E-state index in [2.05, 4.69) is 0 Å². The lowest BCUT2D eigenvalue weighted by atomic mass is 9.88. The SMILES string of the molecule is O=C1CCCC1C1CCCCN1C(=O)c1ccccc1Cl. The van der Waals surface area contributed by atoms with Crippen LogP contribution in [0, 0.1) is 5.92 Å². The van der Waals surface area contributed by atoms with Gasteiger partial charge in [-0.2, -0.15) is 0 Å². The molecule has 0 aromatic heterocycles. The number of Topliss-reactive ketones (excluding diaryl/α,β-unsaturated/α-hetero) is 1. The van der Waals surface area contributed by atoms with Gasteiger partial charge in [-0.25, -0.2) is 0 Å². The Bertz CT molecular complexity index is 557. The van der Waals surface area contributed by atoms with Gasteiger partial charge in [0.1, 0.15) is 5.78 Å². The zero-order chi connectivity index (χ0) is 14.8. The lowest BCUT2D eigenvalue weighted by Gasteiger charge is -2.39. The van der Waals surface area contributed by atoms with E-state index in [1.807, 2.05) is 17.0 Å².